The third kappa shape index (κ3) is 4.01. The van der Waals surface area contributed by atoms with Crippen molar-refractivity contribution in [2.45, 2.75) is 13.0 Å². The van der Waals surface area contributed by atoms with Crippen LogP contribution in [0.3, 0.4) is 0 Å². The first kappa shape index (κ1) is 22.0. The first-order chi connectivity index (χ1) is 15.3. The molecule has 0 radical (unpaired) electrons. The zero-order valence-electron chi connectivity index (χ0n) is 18.1. The van der Waals surface area contributed by atoms with E-state index in [9.17, 15) is 9.59 Å². The number of benzene rings is 2. The number of allylic oxidation sites excluding steroid dienone is 1. The average Bonchev–Trinajstić information content (AvgIpc) is 3.08. The third-order valence-corrected chi connectivity index (χ3v) is 6.55. The number of nitrogens with zero attached hydrogens (tertiary/aromatic N) is 3. The minimum Gasteiger partial charge on any atom is -0.466 e. The molecule has 8 heteroatoms. The Morgan fingerprint density at radius 1 is 1.16 bits per heavy atom. The molecule has 1 aliphatic rings. The Morgan fingerprint density at radius 2 is 1.81 bits per heavy atom. The molecule has 6 nitrogen and oxygen atoms in total. The highest BCUT2D eigenvalue weighted by Gasteiger charge is 2.33. The van der Waals surface area contributed by atoms with Gasteiger partial charge in [0, 0.05) is 24.8 Å². The second kappa shape index (κ2) is 8.76. The molecule has 0 bridgehead atoms. The zero-order chi connectivity index (χ0) is 23.0. The lowest BCUT2D eigenvalue weighted by molar-refractivity contribution is -0.136. The number of thiazole rings is 1. The summed E-state index contributed by atoms with van der Waals surface area (Å²) in [6.45, 7) is 1.76. The topological polar surface area (TPSA) is 63.9 Å². The lowest BCUT2D eigenvalue weighted by Gasteiger charge is -2.24. The molecule has 0 spiro atoms. The number of halogens is 1. The first-order valence-electron chi connectivity index (χ1n) is 9.94. The smallest absolute Gasteiger partial charge is 0.338 e. The van der Waals surface area contributed by atoms with Gasteiger partial charge in [-0.15, -0.1) is 0 Å². The summed E-state index contributed by atoms with van der Waals surface area (Å²) in [4.78, 5) is 33.2. The summed E-state index contributed by atoms with van der Waals surface area (Å²) in [6.07, 6.45) is 1.85. The molecule has 1 atom stereocenters. The summed E-state index contributed by atoms with van der Waals surface area (Å²) in [5.74, 6) is -0.514. The van der Waals surface area contributed by atoms with Gasteiger partial charge in [0.1, 0.15) is 0 Å². The molecule has 2 heterocycles. The SMILES string of the molecule is COC(=O)C1=C(C)N=c2s/c(=C\c3ccc(N(C)C)cc3)c(=O)n2C1c1ccc(Cl)cc1. The summed E-state index contributed by atoms with van der Waals surface area (Å²) in [5, 5.41) is 0.572. The molecule has 1 aliphatic heterocycles. The average molecular weight is 468 g/mol. The molecule has 0 amide bonds. The number of carbonyl (C=O) groups excluding carboxylic acids is 1. The quantitative estimate of drug-likeness (QED) is 0.553. The minimum atomic E-state index is -0.644. The highest BCUT2D eigenvalue weighted by Crippen LogP contribution is 2.31. The van der Waals surface area contributed by atoms with Crippen LogP contribution < -0.4 is 19.8 Å². The normalized spacial score (nSPS) is 15.9. The molecule has 0 fully saturated rings. The van der Waals surface area contributed by atoms with Crippen LogP contribution in [-0.4, -0.2) is 31.7 Å². The molecule has 164 valence electrons. The van der Waals surface area contributed by atoms with Crippen LogP contribution in [0.5, 0.6) is 0 Å². The second-order valence-electron chi connectivity index (χ2n) is 7.61. The predicted octanol–water partition coefficient (Wildman–Crippen LogP) is 3.13. The Morgan fingerprint density at radius 3 is 2.41 bits per heavy atom. The summed E-state index contributed by atoms with van der Waals surface area (Å²) in [7, 11) is 5.28. The molecular weight excluding hydrogens is 446 g/mol. The van der Waals surface area contributed by atoms with Crippen molar-refractivity contribution in [3.05, 3.63) is 95.6 Å². The van der Waals surface area contributed by atoms with Crippen molar-refractivity contribution in [3.8, 4) is 0 Å². The van der Waals surface area contributed by atoms with Crippen molar-refractivity contribution in [2.24, 2.45) is 4.99 Å². The lowest BCUT2D eigenvalue weighted by Crippen LogP contribution is -2.39. The fourth-order valence-corrected chi connectivity index (χ4v) is 4.85. The van der Waals surface area contributed by atoms with Gasteiger partial charge in [0.15, 0.2) is 4.80 Å². The lowest BCUT2D eigenvalue weighted by atomic mass is 9.96. The number of fused-ring (bicyclic) bond motifs is 1. The van der Waals surface area contributed by atoms with E-state index in [1.165, 1.54) is 18.4 Å². The fraction of sp³-hybridized carbons (Fsp3) is 0.208. The zero-order valence-corrected chi connectivity index (χ0v) is 19.7. The van der Waals surface area contributed by atoms with Crippen LogP contribution in [0.15, 0.2) is 69.6 Å². The third-order valence-electron chi connectivity index (χ3n) is 5.32. The van der Waals surface area contributed by atoms with Crippen molar-refractivity contribution in [2.75, 3.05) is 26.1 Å². The van der Waals surface area contributed by atoms with E-state index in [1.807, 2.05) is 61.5 Å². The Labute approximate surface area is 194 Å². The van der Waals surface area contributed by atoms with Gasteiger partial charge in [-0.25, -0.2) is 9.79 Å². The summed E-state index contributed by atoms with van der Waals surface area (Å²) in [6, 6.07) is 14.4. The van der Waals surface area contributed by atoms with Gasteiger partial charge in [0.05, 0.1) is 29.0 Å². The molecule has 3 aromatic rings. The number of rotatable bonds is 4. The number of esters is 1. The number of carbonyl (C=O) groups is 1. The van der Waals surface area contributed by atoms with Gasteiger partial charge in [-0.05, 0) is 48.4 Å². The van der Waals surface area contributed by atoms with Crippen LogP contribution in [0, 0.1) is 0 Å². The van der Waals surface area contributed by atoms with Crippen LogP contribution in [0.1, 0.15) is 24.1 Å². The van der Waals surface area contributed by atoms with E-state index in [0.29, 0.717) is 25.6 Å². The number of methoxy groups -OCH3 is 1. The van der Waals surface area contributed by atoms with E-state index in [4.69, 9.17) is 16.3 Å². The van der Waals surface area contributed by atoms with Crippen molar-refractivity contribution in [1.82, 2.24) is 4.57 Å². The van der Waals surface area contributed by atoms with Crippen molar-refractivity contribution < 1.29 is 9.53 Å². The van der Waals surface area contributed by atoms with E-state index in [2.05, 4.69) is 4.99 Å². The summed E-state index contributed by atoms with van der Waals surface area (Å²) < 4.78 is 7.12. The Kier molecular flexibility index (Phi) is 6.04. The van der Waals surface area contributed by atoms with Gasteiger partial charge in [-0.3, -0.25) is 9.36 Å². The molecule has 2 aromatic carbocycles. The highest BCUT2D eigenvalue weighted by molar-refractivity contribution is 7.07. The predicted molar refractivity (Wildman–Crippen MR) is 128 cm³/mol. The van der Waals surface area contributed by atoms with Crippen LogP contribution in [0.25, 0.3) is 6.08 Å². The Balaban J connectivity index is 1.91. The molecule has 1 unspecified atom stereocenters. The van der Waals surface area contributed by atoms with Gasteiger partial charge in [0.2, 0.25) is 0 Å². The maximum absolute atomic E-state index is 13.5. The summed E-state index contributed by atoms with van der Waals surface area (Å²) >= 11 is 7.36. The van der Waals surface area contributed by atoms with Gasteiger partial charge in [-0.1, -0.05) is 47.2 Å². The Hall–Kier alpha value is -3.16. The number of anilines is 1. The van der Waals surface area contributed by atoms with E-state index < -0.39 is 12.0 Å². The van der Waals surface area contributed by atoms with Crippen molar-refractivity contribution in [1.29, 1.82) is 0 Å². The van der Waals surface area contributed by atoms with E-state index in [0.717, 1.165) is 16.8 Å². The summed E-state index contributed by atoms with van der Waals surface area (Å²) in [5.41, 5.74) is 3.40. The molecule has 0 saturated carbocycles. The molecular formula is C24H22ClN3O3S. The van der Waals surface area contributed by atoms with Gasteiger partial charge in [0.25, 0.3) is 5.56 Å². The van der Waals surface area contributed by atoms with E-state index in [1.54, 1.807) is 23.6 Å². The van der Waals surface area contributed by atoms with Crippen LogP contribution in [0.4, 0.5) is 5.69 Å². The highest BCUT2D eigenvalue weighted by atomic mass is 35.5. The second-order valence-corrected chi connectivity index (χ2v) is 9.06. The van der Waals surface area contributed by atoms with Crippen LogP contribution in [-0.2, 0) is 9.53 Å². The van der Waals surface area contributed by atoms with Crippen LogP contribution in [0.2, 0.25) is 5.02 Å². The molecule has 4 rings (SSSR count). The van der Waals surface area contributed by atoms with Crippen molar-refractivity contribution in [3.63, 3.8) is 0 Å². The van der Waals surface area contributed by atoms with Gasteiger partial charge >= 0.3 is 5.97 Å². The standard InChI is InChI=1S/C24H22ClN3O3S/c1-14-20(23(30)31-4)21(16-7-9-17(25)10-8-16)28-22(29)19(32-24(28)26-14)13-15-5-11-18(12-6-15)27(2)3/h5-13,21H,1-4H3/b19-13-. The molecule has 1 aromatic heterocycles. The number of ether oxygens (including phenoxy) is 1. The fourth-order valence-electron chi connectivity index (χ4n) is 3.67. The van der Waals surface area contributed by atoms with E-state index in [-0.39, 0.29) is 5.56 Å². The molecule has 0 N–H and O–H groups in total. The van der Waals surface area contributed by atoms with Gasteiger partial charge in [-0.2, -0.15) is 0 Å². The molecule has 0 saturated heterocycles. The maximum atomic E-state index is 13.5. The molecule has 32 heavy (non-hydrogen) atoms. The minimum absolute atomic E-state index is 0.209. The number of hydrogen-bond acceptors (Lipinski definition) is 6. The number of hydrogen-bond donors (Lipinski definition) is 0. The molecule has 0 aliphatic carbocycles. The largest absolute Gasteiger partial charge is 0.466 e. The number of aromatic nitrogens is 1. The monoisotopic (exact) mass is 467 g/mol. The first-order valence-corrected chi connectivity index (χ1v) is 11.1. The van der Waals surface area contributed by atoms with Crippen LogP contribution >= 0.6 is 22.9 Å². The van der Waals surface area contributed by atoms with Crippen molar-refractivity contribution >= 4 is 40.7 Å². The maximum Gasteiger partial charge on any atom is 0.338 e. The van der Waals surface area contributed by atoms with Gasteiger partial charge < -0.3 is 9.64 Å². The Bertz CT molecular complexity index is 1380. The van der Waals surface area contributed by atoms with E-state index >= 15 is 0 Å².